The highest BCUT2D eigenvalue weighted by molar-refractivity contribution is 9.10. The lowest BCUT2D eigenvalue weighted by Crippen LogP contribution is -2.09. The molecule has 0 saturated carbocycles. The molecule has 2 aromatic rings. The van der Waals surface area contributed by atoms with Crippen LogP contribution in [-0.4, -0.2) is 10.9 Å². The summed E-state index contributed by atoms with van der Waals surface area (Å²) in [5.74, 6) is -0.390. The minimum Gasteiger partial charge on any atom is -0.379 e. The third-order valence-electron chi connectivity index (χ3n) is 2.44. The maximum absolute atomic E-state index is 11.0. The number of hydrogen-bond acceptors (Lipinski definition) is 4. The first-order chi connectivity index (χ1) is 8.56. The van der Waals surface area contributed by atoms with Crippen LogP contribution in [0.5, 0.6) is 0 Å². The molecule has 18 heavy (non-hydrogen) atoms. The molecule has 94 valence electrons. The SMILES string of the molecule is Cc1nc(Br)ccc1NCc1cc(C(N)=O)cs1. The van der Waals surface area contributed by atoms with Crippen LogP contribution < -0.4 is 11.1 Å². The Labute approximate surface area is 117 Å². The highest BCUT2D eigenvalue weighted by atomic mass is 79.9. The Morgan fingerprint density at radius 1 is 1.56 bits per heavy atom. The molecule has 0 radical (unpaired) electrons. The second-order valence-corrected chi connectivity index (χ2v) is 5.59. The number of anilines is 1. The highest BCUT2D eigenvalue weighted by Crippen LogP contribution is 2.19. The number of hydrogen-bond donors (Lipinski definition) is 2. The van der Waals surface area contributed by atoms with Gasteiger partial charge in [0.1, 0.15) is 4.60 Å². The minimum atomic E-state index is -0.390. The number of aryl methyl sites for hydroxylation is 1. The molecule has 6 heteroatoms. The van der Waals surface area contributed by atoms with E-state index >= 15 is 0 Å². The summed E-state index contributed by atoms with van der Waals surface area (Å²) in [7, 11) is 0. The number of rotatable bonds is 4. The molecule has 0 spiro atoms. The predicted octanol–water partition coefficient (Wildman–Crippen LogP) is 2.93. The van der Waals surface area contributed by atoms with Gasteiger partial charge in [-0.2, -0.15) is 0 Å². The zero-order chi connectivity index (χ0) is 13.1. The Morgan fingerprint density at radius 3 is 2.94 bits per heavy atom. The molecule has 3 N–H and O–H groups in total. The van der Waals surface area contributed by atoms with E-state index in [1.165, 1.54) is 11.3 Å². The van der Waals surface area contributed by atoms with E-state index in [1.54, 1.807) is 5.38 Å². The summed E-state index contributed by atoms with van der Waals surface area (Å²) < 4.78 is 0.817. The molecule has 0 bridgehead atoms. The predicted molar refractivity (Wildman–Crippen MR) is 76.8 cm³/mol. The van der Waals surface area contributed by atoms with Crippen molar-refractivity contribution >= 4 is 38.9 Å². The van der Waals surface area contributed by atoms with Crippen molar-refractivity contribution in [1.82, 2.24) is 4.98 Å². The molecule has 2 heterocycles. The molecule has 0 aliphatic heterocycles. The molecule has 1 amide bonds. The number of amides is 1. The Kier molecular flexibility index (Phi) is 3.98. The van der Waals surface area contributed by atoms with E-state index in [9.17, 15) is 4.79 Å². The maximum atomic E-state index is 11.0. The van der Waals surface area contributed by atoms with Gasteiger partial charge in [-0.05, 0) is 41.1 Å². The van der Waals surface area contributed by atoms with Crippen molar-refractivity contribution in [1.29, 1.82) is 0 Å². The molecule has 2 rings (SSSR count). The highest BCUT2D eigenvalue weighted by Gasteiger charge is 2.05. The fourth-order valence-electron chi connectivity index (χ4n) is 1.50. The average molecular weight is 326 g/mol. The number of pyridine rings is 1. The van der Waals surface area contributed by atoms with E-state index in [4.69, 9.17) is 5.73 Å². The topological polar surface area (TPSA) is 68.0 Å². The van der Waals surface area contributed by atoms with E-state index < -0.39 is 0 Å². The lowest BCUT2D eigenvalue weighted by atomic mass is 10.3. The maximum Gasteiger partial charge on any atom is 0.249 e. The molecule has 0 aromatic carbocycles. The van der Waals surface area contributed by atoms with E-state index in [0.29, 0.717) is 12.1 Å². The minimum absolute atomic E-state index is 0.390. The van der Waals surface area contributed by atoms with Crippen LogP contribution in [0, 0.1) is 6.92 Å². The van der Waals surface area contributed by atoms with Crippen molar-refractivity contribution < 1.29 is 4.79 Å². The van der Waals surface area contributed by atoms with Gasteiger partial charge in [0.25, 0.3) is 0 Å². The fourth-order valence-corrected chi connectivity index (χ4v) is 2.71. The molecule has 0 atom stereocenters. The number of thiophene rings is 1. The summed E-state index contributed by atoms with van der Waals surface area (Å²) in [4.78, 5) is 16.3. The van der Waals surface area contributed by atoms with Crippen LogP contribution in [0.3, 0.4) is 0 Å². The van der Waals surface area contributed by atoms with Crippen molar-refractivity contribution in [2.75, 3.05) is 5.32 Å². The molecule has 4 nitrogen and oxygen atoms in total. The van der Waals surface area contributed by atoms with Gasteiger partial charge in [0, 0.05) is 16.8 Å². The van der Waals surface area contributed by atoms with Crippen molar-refractivity contribution in [3.8, 4) is 0 Å². The fraction of sp³-hybridized carbons (Fsp3) is 0.167. The van der Waals surface area contributed by atoms with Crippen molar-refractivity contribution in [3.63, 3.8) is 0 Å². The molecule has 0 aliphatic carbocycles. The van der Waals surface area contributed by atoms with Gasteiger partial charge in [-0.1, -0.05) is 0 Å². The van der Waals surface area contributed by atoms with Gasteiger partial charge in [0.05, 0.1) is 16.9 Å². The summed E-state index contributed by atoms with van der Waals surface area (Å²) in [6.45, 7) is 2.60. The van der Waals surface area contributed by atoms with Crippen LogP contribution in [0.25, 0.3) is 0 Å². The molecular weight excluding hydrogens is 314 g/mol. The van der Waals surface area contributed by atoms with Gasteiger partial charge in [0.2, 0.25) is 5.91 Å². The summed E-state index contributed by atoms with van der Waals surface area (Å²) in [5.41, 5.74) is 7.67. The molecule has 0 saturated heterocycles. The monoisotopic (exact) mass is 325 g/mol. The molecule has 0 unspecified atom stereocenters. The van der Waals surface area contributed by atoms with Crippen molar-refractivity contribution in [2.45, 2.75) is 13.5 Å². The average Bonchev–Trinajstić information content (AvgIpc) is 2.76. The lowest BCUT2D eigenvalue weighted by Gasteiger charge is -2.07. The van der Waals surface area contributed by atoms with Crippen LogP contribution >= 0.6 is 27.3 Å². The number of nitrogens with two attached hydrogens (primary N) is 1. The molecule has 2 aromatic heterocycles. The number of aromatic nitrogens is 1. The van der Waals surface area contributed by atoms with Crippen molar-refractivity contribution in [3.05, 3.63) is 44.3 Å². The first-order valence-electron chi connectivity index (χ1n) is 5.30. The van der Waals surface area contributed by atoms with Gasteiger partial charge in [-0.15, -0.1) is 11.3 Å². The number of halogens is 1. The third-order valence-corrected chi connectivity index (χ3v) is 3.82. The smallest absolute Gasteiger partial charge is 0.249 e. The van der Waals surface area contributed by atoms with Crippen LogP contribution in [0.1, 0.15) is 20.9 Å². The Hall–Kier alpha value is -1.40. The second-order valence-electron chi connectivity index (χ2n) is 3.79. The quantitative estimate of drug-likeness (QED) is 0.849. The van der Waals surface area contributed by atoms with Gasteiger partial charge in [0.15, 0.2) is 0 Å². The molecule has 0 fully saturated rings. The Morgan fingerprint density at radius 2 is 2.33 bits per heavy atom. The largest absolute Gasteiger partial charge is 0.379 e. The van der Waals surface area contributed by atoms with E-state index in [1.807, 2.05) is 25.1 Å². The summed E-state index contributed by atoms with van der Waals surface area (Å²) in [6, 6.07) is 5.66. The Bertz CT molecular complexity index is 582. The second kappa shape index (κ2) is 5.49. The van der Waals surface area contributed by atoms with Crippen LogP contribution in [-0.2, 0) is 6.54 Å². The zero-order valence-corrected chi connectivity index (χ0v) is 12.1. The number of primary amides is 1. The van der Waals surface area contributed by atoms with Gasteiger partial charge in [-0.25, -0.2) is 4.98 Å². The lowest BCUT2D eigenvalue weighted by molar-refractivity contribution is 0.100. The number of nitrogens with zero attached hydrogens (tertiary/aromatic N) is 1. The number of carbonyl (C=O) groups is 1. The van der Waals surface area contributed by atoms with Gasteiger partial charge in [-0.3, -0.25) is 4.79 Å². The number of nitrogens with one attached hydrogen (secondary N) is 1. The van der Waals surface area contributed by atoms with Crippen LogP contribution in [0.15, 0.2) is 28.2 Å². The molecular formula is C12H12BrN3OS. The third kappa shape index (κ3) is 3.08. The van der Waals surface area contributed by atoms with Gasteiger partial charge < -0.3 is 11.1 Å². The number of carbonyl (C=O) groups excluding carboxylic acids is 1. The van der Waals surface area contributed by atoms with Crippen LogP contribution in [0.4, 0.5) is 5.69 Å². The molecule has 0 aliphatic rings. The van der Waals surface area contributed by atoms with E-state index in [-0.39, 0.29) is 5.91 Å². The first kappa shape index (κ1) is 13.0. The summed E-state index contributed by atoms with van der Waals surface area (Å²) >= 11 is 4.84. The normalized spacial score (nSPS) is 10.3. The summed E-state index contributed by atoms with van der Waals surface area (Å²) in [6.07, 6.45) is 0. The van der Waals surface area contributed by atoms with Gasteiger partial charge >= 0.3 is 0 Å². The van der Waals surface area contributed by atoms with E-state index in [0.717, 1.165) is 20.9 Å². The van der Waals surface area contributed by atoms with Crippen LogP contribution in [0.2, 0.25) is 0 Å². The van der Waals surface area contributed by atoms with E-state index in [2.05, 4.69) is 26.2 Å². The first-order valence-corrected chi connectivity index (χ1v) is 6.98. The van der Waals surface area contributed by atoms with Crippen molar-refractivity contribution in [2.24, 2.45) is 5.73 Å². The standard InChI is InChI=1S/C12H12BrN3OS/c1-7-10(2-3-11(13)16-7)15-5-9-4-8(6-18-9)12(14)17/h2-4,6,15H,5H2,1H3,(H2,14,17). The zero-order valence-electron chi connectivity index (χ0n) is 9.74. The summed E-state index contributed by atoms with van der Waals surface area (Å²) in [5, 5.41) is 5.05. The Balaban J connectivity index is 2.04.